The highest BCUT2D eigenvalue weighted by molar-refractivity contribution is 5.96. The molecule has 0 amide bonds. The van der Waals surface area contributed by atoms with Crippen LogP contribution in [0.15, 0.2) is 84.9 Å². The molecule has 2 N–H and O–H groups in total. The fraction of sp³-hybridized carbons (Fsp3) is 0.361. The van der Waals surface area contributed by atoms with E-state index >= 15 is 0 Å². The second kappa shape index (κ2) is 16.7. The fourth-order valence-corrected chi connectivity index (χ4v) is 4.99. The molecule has 3 aromatic carbocycles. The fourth-order valence-electron chi connectivity index (χ4n) is 4.99. The minimum atomic E-state index is -1.26. The van der Waals surface area contributed by atoms with Crippen molar-refractivity contribution in [1.29, 1.82) is 0 Å². The Morgan fingerprint density at radius 1 is 0.822 bits per heavy atom. The Balaban J connectivity index is 0.000000610. The Labute approximate surface area is 263 Å². The number of carboxylic acid groups (broad SMARTS) is 2. The number of likely N-dealkylation sites (tertiary alicyclic amines) is 1. The zero-order valence-corrected chi connectivity index (χ0v) is 25.9. The Morgan fingerprint density at radius 3 is 1.71 bits per heavy atom. The van der Waals surface area contributed by atoms with Crippen LogP contribution in [0.3, 0.4) is 0 Å². The molecule has 0 bridgehead atoms. The largest absolute Gasteiger partial charge is 0.478 e. The molecule has 0 spiro atoms. The number of piperidine rings is 1. The van der Waals surface area contributed by atoms with Crippen molar-refractivity contribution in [2.45, 2.75) is 64.1 Å². The average molecular weight is 622 g/mol. The molecule has 240 valence electrons. The molecular formula is C36H41F2NO6. The molecule has 45 heavy (non-hydrogen) atoms. The SMILES string of the molecule is CC(C)(C)c1ccc(C(=O)CCCN2CCC(OC(c3ccc(F)cc3)c3ccc(F)cc3)CC2)cc1.O=C(O)C=CC(=O)O. The predicted molar refractivity (Wildman–Crippen MR) is 168 cm³/mol. The van der Waals surface area contributed by atoms with Crippen LogP contribution in [0.1, 0.15) is 79.6 Å². The summed E-state index contributed by atoms with van der Waals surface area (Å²) in [5.74, 6) is -2.91. The van der Waals surface area contributed by atoms with Crippen molar-refractivity contribution >= 4 is 17.7 Å². The Bertz CT molecular complexity index is 1360. The van der Waals surface area contributed by atoms with Crippen LogP contribution in [0.5, 0.6) is 0 Å². The number of aliphatic carboxylic acids is 2. The van der Waals surface area contributed by atoms with E-state index in [1.165, 1.54) is 29.8 Å². The molecule has 1 heterocycles. The van der Waals surface area contributed by atoms with E-state index in [1.807, 2.05) is 12.1 Å². The van der Waals surface area contributed by atoms with Gasteiger partial charge in [0.1, 0.15) is 17.7 Å². The topological polar surface area (TPSA) is 104 Å². The van der Waals surface area contributed by atoms with Gasteiger partial charge in [-0.25, -0.2) is 18.4 Å². The third-order valence-corrected chi connectivity index (χ3v) is 7.53. The van der Waals surface area contributed by atoms with Gasteiger partial charge in [0.15, 0.2) is 5.78 Å². The van der Waals surface area contributed by atoms with Crippen LogP contribution < -0.4 is 0 Å². The zero-order chi connectivity index (χ0) is 33.0. The molecule has 4 rings (SSSR count). The summed E-state index contributed by atoms with van der Waals surface area (Å²) < 4.78 is 33.5. The van der Waals surface area contributed by atoms with E-state index in [2.05, 4.69) is 37.8 Å². The van der Waals surface area contributed by atoms with E-state index in [9.17, 15) is 23.2 Å². The van der Waals surface area contributed by atoms with E-state index in [4.69, 9.17) is 14.9 Å². The number of carbonyl (C=O) groups is 3. The highest BCUT2D eigenvalue weighted by atomic mass is 19.1. The normalized spacial score (nSPS) is 14.3. The van der Waals surface area contributed by atoms with Gasteiger partial charge in [0, 0.05) is 37.2 Å². The summed E-state index contributed by atoms with van der Waals surface area (Å²) in [5.41, 5.74) is 3.80. The van der Waals surface area contributed by atoms with Crippen molar-refractivity contribution in [3.05, 3.63) is 119 Å². The van der Waals surface area contributed by atoms with Crippen LogP contribution >= 0.6 is 0 Å². The van der Waals surface area contributed by atoms with E-state index in [0.717, 1.165) is 55.6 Å². The molecule has 0 unspecified atom stereocenters. The van der Waals surface area contributed by atoms with Gasteiger partial charge in [0.2, 0.25) is 0 Å². The quantitative estimate of drug-likeness (QED) is 0.172. The third-order valence-electron chi connectivity index (χ3n) is 7.53. The van der Waals surface area contributed by atoms with Crippen LogP contribution in [-0.2, 0) is 19.7 Å². The number of nitrogens with zero attached hydrogens (tertiary/aromatic N) is 1. The molecule has 0 radical (unpaired) electrons. The molecule has 0 aliphatic carbocycles. The zero-order valence-electron chi connectivity index (χ0n) is 25.9. The predicted octanol–water partition coefficient (Wildman–Crippen LogP) is 7.21. The van der Waals surface area contributed by atoms with Gasteiger partial charge in [-0.1, -0.05) is 69.3 Å². The summed E-state index contributed by atoms with van der Waals surface area (Å²) in [7, 11) is 0. The first-order valence-corrected chi connectivity index (χ1v) is 15.0. The number of benzene rings is 3. The summed E-state index contributed by atoms with van der Waals surface area (Å²) in [5, 5.41) is 15.6. The smallest absolute Gasteiger partial charge is 0.328 e. The first kappa shape index (κ1) is 35.3. The Kier molecular flexibility index (Phi) is 13.1. The summed E-state index contributed by atoms with van der Waals surface area (Å²) in [4.78, 5) is 34.1. The number of Topliss-reactive ketones (excluding diaryl/α,β-unsaturated/α-hetero) is 1. The molecule has 1 aliphatic rings. The van der Waals surface area contributed by atoms with Crippen molar-refractivity contribution in [3.63, 3.8) is 0 Å². The van der Waals surface area contributed by atoms with Crippen molar-refractivity contribution < 1.29 is 38.1 Å². The van der Waals surface area contributed by atoms with Gasteiger partial charge in [-0.3, -0.25) is 4.79 Å². The van der Waals surface area contributed by atoms with E-state index in [1.54, 1.807) is 24.3 Å². The van der Waals surface area contributed by atoms with Crippen LogP contribution in [0, 0.1) is 11.6 Å². The van der Waals surface area contributed by atoms with Gasteiger partial charge in [0.05, 0.1) is 6.10 Å². The van der Waals surface area contributed by atoms with Gasteiger partial charge in [-0.15, -0.1) is 0 Å². The summed E-state index contributed by atoms with van der Waals surface area (Å²) >= 11 is 0. The van der Waals surface area contributed by atoms with E-state index < -0.39 is 11.9 Å². The maximum Gasteiger partial charge on any atom is 0.328 e. The van der Waals surface area contributed by atoms with Gasteiger partial charge < -0.3 is 19.8 Å². The lowest BCUT2D eigenvalue weighted by atomic mass is 9.86. The number of hydrogen-bond acceptors (Lipinski definition) is 5. The number of carboxylic acids is 2. The molecular weight excluding hydrogens is 580 g/mol. The highest BCUT2D eigenvalue weighted by Gasteiger charge is 2.25. The number of ether oxygens (including phenoxy) is 1. The summed E-state index contributed by atoms with van der Waals surface area (Å²) in [6, 6.07) is 20.6. The summed E-state index contributed by atoms with van der Waals surface area (Å²) in [6.07, 6.45) is 3.92. The molecule has 7 nitrogen and oxygen atoms in total. The summed E-state index contributed by atoms with van der Waals surface area (Å²) in [6.45, 7) is 9.20. The number of hydrogen-bond donors (Lipinski definition) is 2. The molecule has 9 heteroatoms. The van der Waals surface area contributed by atoms with Gasteiger partial charge in [-0.05, 0) is 72.2 Å². The van der Waals surface area contributed by atoms with E-state index in [0.29, 0.717) is 18.6 Å². The Hall–Kier alpha value is -4.21. The first-order valence-electron chi connectivity index (χ1n) is 15.0. The highest BCUT2D eigenvalue weighted by Crippen LogP contribution is 2.30. The molecule has 3 aromatic rings. The van der Waals surface area contributed by atoms with Gasteiger partial charge in [-0.2, -0.15) is 0 Å². The van der Waals surface area contributed by atoms with Crippen molar-refractivity contribution in [1.82, 2.24) is 4.90 Å². The van der Waals surface area contributed by atoms with Crippen molar-refractivity contribution in [2.75, 3.05) is 19.6 Å². The van der Waals surface area contributed by atoms with Crippen LogP contribution in [-0.4, -0.2) is 58.6 Å². The number of ketones is 1. The van der Waals surface area contributed by atoms with Crippen LogP contribution in [0.2, 0.25) is 0 Å². The maximum atomic E-state index is 13.5. The monoisotopic (exact) mass is 621 g/mol. The molecule has 1 fully saturated rings. The molecule has 1 saturated heterocycles. The minimum Gasteiger partial charge on any atom is -0.478 e. The standard InChI is InChI=1S/C32H37F2NO2.C4H4O4/c1-32(2,3)26-12-6-23(7-13-26)30(36)5-4-20-35-21-18-29(19-22-35)37-31(24-8-14-27(33)15-9-24)25-10-16-28(34)17-11-25;5-3(6)1-2-4(7)8/h6-17,29,31H,4-5,18-22H2,1-3H3;1-2H,(H,5,6)(H,7,8). The molecule has 1 aliphatic heterocycles. The average Bonchev–Trinajstić information content (AvgIpc) is 3.00. The van der Waals surface area contributed by atoms with Gasteiger partial charge >= 0.3 is 11.9 Å². The third kappa shape index (κ3) is 12.0. The lowest BCUT2D eigenvalue weighted by Crippen LogP contribution is -2.38. The minimum absolute atomic E-state index is 0.0549. The Morgan fingerprint density at radius 2 is 1.29 bits per heavy atom. The van der Waals surface area contributed by atoms with Crippen LogP contribution in [0.4, 0.5) is 8.78 Å². The van der Waals surface area contributed by atoms with E-state index in [-0.39, 0.29) is 35.0 Å². The van der Waals surface area contributed by atoms with Crippen molar-refractivity contribution in [2.24, 2.45) is 0 Å². The number of halogens is 2. The lowest BCUT2D eigenvalue weighted by Gasteiger charge is -2.34. The molecule has 0 aromatic heterocycles. The van der Waals surface area contributed by atoms with Gasteiger partial charge in [0.25, 0.3) is 0 Å². The molecule has 0 atom stereocenters. The second-order valence-corrected chi connectivity index (χ2v) is 12.0. The number of rotatable bonds is 11. The maximum absolute atomic E-state index is 13.5. The molecule has 0 saturated carbocycles. The van der Waals surface area contributed by atoms with Crippen LogP contribution in [0.25, 0.3) is 0 Å². The lowest BCUT2D eigenvalue weighted by molar-refractivity contribution is -0.134. The van der Waals surface area contributed by atoms with Crippen molar-refractivity contribution in [3.8, 4) is 0 Å². The number of carbonyl (C=O) groups excluding carboxylic acids is 1. The second-order valence-electron chi connectivity index (χ2n) is 12.0. The first-order chi connectivity index (χ1) is 21.3.